The minimum absolute atomic E-state index is 0.00726. The highest BCUT2D eigenvalue weighted by molar-refractivity contribution is 6.35. The van der Waals surface area contributed by atoms with Crippen molar-refractivity contribution in [3.63, 3.8) is 0 Å². The maximum absolute atomic E-state index is 12.0. The molecule has 2 heterocycles. The quantitative estimate of drug-likeness (QED) is 0.701. The van der Waals surface area contributed by atoms with Crippen molar-refractivity contribution in [1.82, 2.24) is 15.6 Å². The molecule has 2 aromatic rings. The van der Waals surface area contributed by atoms with Crippen LogP contribution >= 0.6 is 23.2 Å². The summed E-state index contributed by atoms with van der Waals surface area (Å²) in [5, 5.41) is 9.77. The number of nitrogens with one attached hydrogen (secondary N) is 3. The van der Waals surface area contributed by atoms with Crippen LogP contribution < -0.4 is 16.0 Å². The predicted molar refractivity (Wildman–Crippen MR) is 93.7 cm³/mol. The van der Waals surface area contributed by atoms with Crippen LogP contribution in [-0.2, 0) is 6.42 Å². The number of halogens is 2. The molecule has 0 saturated carbocycles. The maximum atomic E-state index is 12.0. The fraction of sp³-hybridized carbons (Fsp3) is 0.375. The van der Waals surface area contributed by atoms with Crippen molar-refractivity contribution in [3.8, 4) is 0 Å². The largest absolute Gasteiger partial charge is 0.469 e. The van der Waals surface area contributed by atoms with Crippen molar-refractivity contribution < 1.29 is 9.21 Å². The van der Waals surface area contributed by atoms with Gasteiger partial charge >= 0.3 is 6.03 Å². The fourth-order valence-electron chi connectivity index (χ4n) is 2.75. The summed E-state index contributed by atoms with van der Waals surface area (Å²) in [4.78, 5) is 16.1. The first-order valence-electron chi connectivity index (χ1n) is 7.79. The first kappa shape index (κ1) is 16.9. The third kappa shape index (κ3) is 4.13. The van der Waals surface area contributed by atoms with E-state index >= 15 is 0 Å². The number of aryl methyl sites for hydroxylation is 1. The molecule has 6 nitrogen and oxygen atoms in total. The van der Waals surface area contributed by atoms with Crippen LogP contribution in [0.25, 0.3) is 0 Å². The number of hydrogen-bond acceptors (Lipinski definition) is 4. The zero-order chi connectivity index (χ0) is 16.9. The van der Waals surface area contributed by atoms with E-state index in [1.165, 1.54) is 6.20 Å². The Labute approximate surface area is 149 Å². The molecule has 0 aliphatic heterocycles. The lowest BCUT2D eigenvalue weighted by Crippen LogP contribution is -2.40. The van der Waals surface area contributed by atoms with Crippen LogP contribution in [0.4, 0.5) is 10.6 Å². The minimum Gasteiger partial charge on any atom is -0.469 e. The van der Waals surface area contributed by atoms with Crippen molar-refractivity contribution >= 4 is 35.1 Å². The van der Waals surface area contributed by atoms with Gasteiger partial charge in [-0.1, -0.05) is 23.2 Å². The summed E-state index contributed by atoms with van der Waals surface area (Å²) >= 11 is 11.8. The Balaban J connectivity index is 1.42. The number of hydrogen-bond donors (Lipinski definition) is 3. The number of amides is 2. The molecule has 3 N–H and O–H groups in total. The first-order valence-corrected chi connectivity index (χ1v) is 8.54. The zero-order valence-corrected chi connectivity index (χ0v) is 14.5. The molecular formula is C16H18Cl2N4O2. The van der Waals surface area contributed by atoms with Gasteiger partial charge < -0.3 is 20.4 Å². The van der Waals surface area contributed by atoms with E-state index in [2.05, 4.69) is 20.9 Å². The standard InChI is InChI=1S/C16H18Cl2N4O2/c17-10-8-12(18)15(21-9-10)19-5-6-20-16(23)22-13-2-1-3-14-11(13)4-7-24-14/h4,7-9,13H,1-3,5-6H2,(H,19,21)(H2,20,22,23). The molecule has 0 saturated heterocycles. The van der Waals surface area contributed by atoms with Gasteiger partial charge in [0.15, 0.2) is 0 Å². The Morgan fingerprint density at radius 2 is 2.25 bits per heavy atom. The van der Waals surface area contributed by atoms with Crippen molar-refractivity contribution in [2.45, 2.75) is 25.3 Å². The van der Waals surface area contributed by atoms with E-state index < -0.39 is 0 Å². The number of carbonyl (C=O) groups excluding carboxylic acids is 1. The van der Waals surface area contributed by atoms with Gasteiger partial charge in [-0.2, -0.15) is 0 Å². The molecular weight excluding hydrogens is 351 g/mol. The number of aromatic nitrogens is 1. The van der Waals surface area contributed by atoms with Gasteiger partial charge in [0.1, 0.15) is 11.6 Å². The number of carbonyl (C=O) groups is 1. The lowest BCUT2D eigenvalue weighted by atomic mass is 9.93. The van der Waals surface area contributed by atoms with Gasteiger partial charge in [-0.25, -0.2) is 9.78 Å². The van der Waals surface area contributed by atoms with E-state index in [9.17, 15) is 4.79 Å². The molecule has 0 aromatic carbocycles. The summed E-state index contributed by atoms with van der Waals surface area (Å²) in [5.74, 6) is 1.51. The Kier molecular flexibility index (Phi) is 5.48. The van der Waals surface area contributed by atoms with Crippen LogP contribution in [0, 0.1) is 0 Å². The van der Waals surface area contributed by atoms with Gasteiger partial charge in [-0.15, -0.1) is 0 Å². The summed E-state index contributed by atoms with van der Waals surface area (Å²) < 4.78 is 5.42. The molecule has 1 atom stereocenters. The van der Waals surface area contributed by atoms with Gasteiger partial charge in [-0.05, 0) is 25.0 Å². The van der Waals surface area contributed by atoms with Gasteiger partial charge in [0.2, 0.25) is 0 Å². The van der Waals surface area contributed by atoms with Crippen LogP contribution in [0.1, 0.15) is 30.2 Å². The van der Waals surface area contributed by atoms with Gasteiger partial charge in [0, 0.05) is 31.3 Å². The fourth-order valence-corrected chi connectivity index (χ4v) is 3.19. The Bertz CT molecular complexity index is 720. The highest BCUT2D eigenvalue weighted by Gasteiger charge is 2.23. The molecule has 1 unspecified atom stereocenters. The lowest BCUT2D eigenvalue weighted by Gasteiger charge is -2.22. The zero-order valence-electron chi connectivity index (χ0n) is 12.9. The molecule has 2 amide bonds. The third-order valence-corrected chi connectivity index (χ3v) is 4.36. The van der Waals surface area contributed by atoms with Crippen molar-refractivity contribution in [3.05, 3.63) is 46.0 Å². The molecule has 1 aliphatic rings. The molecule has 0 spiro atoms. The van der Waals surface area contributed by atoms with Crippen LogP contribution in [0.15, 0.2) is 29.0 Å². The van der Waals surface area contributed by atoms with Crippen molar-refractivity contribution in [2.24, 2.45) is 0 Å². The predicted octanol–water partition coefficient (Wildman–Crippen LogP) is 3.77. The normalized spacial score (nSPS) is 16.3. The SMILES string of the molecule is O=C(NCCNc1ncc(Cl)cc1Cl)NC1CCCc2occc21. The first-order chi connectivity index (χ1) is 11.6. The van der Waals surface area contributed by atoms with Crippen LogP contribution in [0.2, 0.25) is 10.0 Å². The molecule has 0 fully saturated rings. The number of rotatable bonds is 5. The average Bonchev–Trinajstić information content (AvgIpc) is 3.03. The van der Waals surface area contributed by atoms with Crippen LogP contribution in [0.5, 0.6) is 0 Å². The molecule has 0 bridgehead atoms. The number of furan rings is 1. The number of pyridine rings is 1. The number of anilines is 1. The van der Waals surface area contributed by atoms with E-state index in [-0.39, 0.29) is 12.1 Å². The second-order valence-electron chi connectivity index (χ2n) is 5.55. The molecule has 128 valence electrons. The molecule has 3 rings (SSSR count). The smallest absolute Gasteiger partial charge is 0.315 e. The van der Waals surface area contributed by atoms with E-state index in [4.69, 9.17) is 27.6 Å². The maximum Gasteiger partial charge on any atom is 0.315 e. The number of urea groups is 1. The average molecular weight is 369 g/mol. The van der Waals surface area contributed by atoms with E-state index in [1.807, 2.05) is 6.07 Å². The van der Waals surface area contributed by atoms with Crippen LogP contribution in [0.3, 0.4) is 0 Å². The second-order valence-corrected chi connectivity index (χ2v) is 6.40. The third-order valence-electron chi connectivity index (χ3n) is 3.87. The highest BCUT2D eigenvalue weighted by Crippen LogP contribution is 2.30. The van der Waals surface area contributed by atoms with E-state index in [0.717, 1.165) is 30.6 Å². The van der Waals surface area contributed by atoms with Crippen molar-refractivity contribution in [1.29, 1.82) is 0 Å². The summed E-state index contributed by atoms with van der Waals surface area (Å²) in [7, 11) is 0. The molecule has 1 aliphatic carbocycles. The Morgan fingerprint density at radius 1 is 1.38 bits per heavy atom. The number of nitrogens with zero attached hydrogens (tertiary/aromatic N) is 1. The van der Waals surface area contributed by atoms with E-state index in [1.54, 1.807) is 12.3 Å². The minimum atomic E-state index is -0.203. The molecule has 2 aromatic heterocycles. The summed E-state index contributed by atoms with van der Waals surface area (Å²) in [5.41, 5.74) is 1.08. The lowest BCUT2D eigenvalue weighted by molar-refractivity contribution is 0.235. The summed E-state index contributed by atoms with van der Waals surface area (Å²) in [6, 6.07) is 3.35. The molecule has 8 heteroatoms. The highest BCUT2D eigenvalue weighted by atomic mass is 35.5. The summed E-state index contributed by atoms with van der Waals surface area (Å²) in [6.07, 6.45) is 6.05. The Hall–Kier alpha value is -1.92. The molecule has 24 heavy (non-hydrogen) atoms. The Morgan fingerprint density at radius 3 is 3.08 bits per heavy atom. The van der Waals surface area contributed by atoms with Gasteiger partial charge in [0.25, 0.3) is 0 Å². The van der Waals surface area contributed by atoms with Gasteiger partial charge in [-0.3, -0.25) is 0 Å². The second kappa shape index (κ2) is 7.77. The molecule has 0 radical (unpaired) electrons. The van der Waals surface area contributed by atoms with E-state index in [0.29, 0.717) is 29.0 Å². The van der Waals surface area contributed by atoms with Crippen LogP contribution in [-0.4, -0.2) is 24.1 Å². The van der Waals surface area contributed by atoms with Gasteiger partial charge in [0.05, 0.1) is 22.4 Å². The topological polar surface area (TPSA) is 79.2 Å². The summed E-state index contributed by atoms with van der Waals surface area (Å²) in [6.45, 7) is 0.945. The number of fused-ring (bicyclic) bond motifs is 1. The van der Waals surface area contributed by atoms with Crippen molar-refractivity contribution in [2.75, 3.05) is 18.4 Å². The monoisotopic (exact) mass is 368 g/mol.